The molecule has 110 valence electrons. The second kappa shape index (κ2) is 8.04. The van der Waals surface area contributed by atoms with E-state index in [4.69, 9.17) is 5.11 Å². The predicted molar refractivity (Wildman–Crippen MR) is 62.9 cm³/mol. The molecule has 1 rings (SSSR count). The maximum Gasteiger partial charge on any atom is 0.306 e. The summed E-state index contributed by atoms with van der Waals surface area (Å²) in [6, 6.07) is 0. The number of hydrogen-bond donors (Lipinski definition) is 2. The van der Waals surface area contributed by atoms with Crippen LogP contribution in [0.1, 0.15) is 25.7 Å². The van der Waals surface area contributed by atoms with Gasteiger partial charge in [-0.2, -0.15) is 0 Å². The van der Waals surface area contributed by atoms with E-state index in [0.717, 1.165) is 0 Å². The average Bonchev–Trinajstić information content (AvgIpc) is 2.37. The van der Waals surface area contributed by atoms with Crippen LogP contribution in [-0.2, 0) is 14.3 Å². The standard InChI is InChI=1S/C12H19F2NO4/c13-10(14)7-19-6-5-15-11(16)8-1-3-9(4-2-8)12(17)18/h8-10H,1-7H2,(H,15,16)(H,17,18). The molecular formula is C12H19F2NO4. The Hall–Kier alpha value is -1.24. The maximum absolute atomic E-state index is 11.8. The van der Waals surface area contributed by atoms with Crippen LogP contribution in [0.2, 0.25) is 0 Å². The van der Waals surface area contributed by atoms with Gasteiger partial charge in [0.2, 0.25) is 5.91 Å². The van der Waals surface area contributed by atoms with Crippen LogP contribution in [0, 0.1) is 11.8 Å². The Morgan fingerprint density at radius 2 is 1.79 bits per heavy atom. The van der Waals surface area contributed by atoms with Crippen molar-refractivity contribution in [3.8, 4) is 0 Å². The van der Waals surface area contributed by atoms with E-state index in [0.29, 0.717) is 25.7 Å². The lowest BCUT2D eigenvalue weighted by Gasteiger charge is -2.25. The Labute approximate surface area is 110 Å². The van der Waals surface area contributed by atoms with Crippen molar-refractivity contribution < 1.29 is 28.2 Å². The van der Waals surface area contributed by atoms with Gasteiger partial charge in [-0.15, -0.1) is 0 Å². The molecule has 0 aromatic carbocycles. The molecule has 7 heteroatoms. The number of nitrogens with one attached hydrogen (secondary N) is 1. The molecule has 1 fully saturated rings. The van der Waals surface area contributed by atoms with Gasteiger partial charge in [0.25, 0.3) is 6.43 Å². The van der Waals surface area contributed by atoms with E-state index in [-0.39, 0.29) is 30.9 Å². The molecule has 0 saturated heterocycles. The highest BCUT2D eigenvalue weighted by atomic mass is 19.3. The molecule has 0 unspecified atom stereocenters. The summed E-state index contributed by atoms with van der Waals surface area (Å²) in [6.45, 7) is -0.370. The molecule has 19 heavy (non-hydrogen) atoms. The number of amides is 1. The van der Waals surface area contributed by atoms with E-state index in [1.165, 1.54) is 0 Å². The van der Waals surface area contributed by atoms with Crippen LogP contribution in [0.4, 0.5) is 8.78 Å². The van der Waals surface area contributed by atoms with E-state index in [2.05, 4.69) is 10.1 Å². The molecule has 0 aromatic heterocycles. The van der Waals surface area contributed by atoms with Crippen LogP contribution in [0.5, 0.6) is 0 Å². The van der Waals surface area contributed by atoms with E-state index in [1.807, 2.05) is 0 Å². The van der Waals surface area contributed by atoms with Crippen molar-refractivity contribution in [3.05, 3.63) is 0 Å². The van der Waals surface area contributed by atoms with Crippen molar-refractivity contribution in [3.63, 3.8) is 0 Å². The summed E-state index contributed by atoms with van der Waals surface area (Å²) >= 11 is 0. The Morgan fingerprint density at radius 1 is 1.21 bits per heavy atom. The summed E-state index contributed by atoms with van der Waals surface area (Å²) in [5.74, 6) is -1.48. The zero-order valence-corrected chi connectivity index (χ0v) is 10.6. The number of halogens is 2. The summed E-state index contributed by atoms with van der Waals surface area (Å²) in [5.41, 5.74) is 0. The number of carbonyl (C=O) groups excluding carboxylic acids is 1. The molecule has 0 bridgehead atoms. The second-order valence-electron chi connectivity index (χ2n) is 4.64. The Morgan fingerprint density at radius 3 is 2.32 bits per heavy atom. The molecule has 0 atom stereocenters. The molecule has 0 spiro atoms. The summed E-state index contributed by atoms with van der Waals surface area (Å²) in [7, 11) is 0. The third-order valence-corrected chi connectivity index (χ3v) is 3.24. The van der Waals surface area contributed by atoms with Gasteiger partial charge in [-0.3, -0.25) is 9.59 Å². The lowest BCUT2D eigenvalue weighted by Crippen LogP contribution is -2.36. The largest absolute Gasteiger partial charge is 0.481 e. The van der Waals surface area contributed by atoms with Gasteiger partial charge in [-0.1, -0.05) is 0 Å². The van der Waals surface area contributed by atoms with Gasteiger partial charge < -0.3 is 15.2 Å². The molecule has 0 heterocycles. The van der Waals surface area contributed by atoms with Crippen LogP contribution in [0.3, 0.4) is 0 Å². The normalized spacial score (nSPS) is 23.3. The van der Waals surface area contributed by atoms with Crippen LogP contribution < -0.4 is 5.32 Å². The summed E-state index contributed by atoms with van der Waals surface area (Å²) < 4.78 is 28.1. The molecule has 5 nitrogen and oxygen atoms in total. The van der Waals surface area contributed by atoms with Crippen molar-refractivity contribution in [2.75, 3.05) is 19.8 Å². The van der Waals surface area contributed by atoms with E-state index in [9.17, 15) is 18.4 Å². The second-order valence-corrected chi connectivity index (χ2v) is 4.64. The smallest absolute Gasteiger partial charge is 0.306 e. The Bertz CT molecular complexity index is 304. The molecule has 0 aliphatic heterocycles. The molecule has 2 N–H and O–H groups in total. The van der Waals surface area contributed by atoms with Crippen molar-refractivity contribution in [2.24, 2.45) is 11.8 Å². The van der Waals surface area contributed by atoms with Crippen LogP contribution in [-0.4, -0.2) is 43.2 Å². The summed E-state index contributed by atoms with van der Waals surface area (Å²) in [5, 5.41) is 11.4. The van der Waals surface area contributed by atoms with Crippen molar-refractivity contribution >= 4 is 11.9 Å². The number of alkyl halides is 2. The predicted octanol–water partition coefficient (Wildman–Crippen LogP) is 1.28. The van der Waals surface area contributed by atoms with E-state index < -0.39 is 19.0 Å². The highest BCUT2D eigenvalue weighted by Crippen LogP contribution is 2.28. The molecular weight excluding hydrogens is 260 g/mol. The zero-order valence-electron chi connectivity index (χ0n) is 10.6. The number of carbonyl (C=O) groups is 2. The maximum atomic E-state index is 11.8. The number of hydrogen-bond acceptors (Lipinski definition) is 3. The van der Waals surface area contributed by atoms with E-state index in [1.54, 1.807) is 0 Å². The Kier molecular flexibility index (Phi) is 6.69. The first kappa shape index (κ1) is 15.8. The average molecular weight is 279 g/mol. The lowest BCUT2D eigenvalue weighted by molar-refractivity contribution is -0.144. The molecule has 0 radical (unpaired) electrons. The summed E-state index contributed by atoms with van der Waals surface area (Å²) in [6.07, 6.45) is -0.367. The van der Waals surface area contributed by atoms with Crippen molar-refractivity contribution in [1.29, 1.82) is 0 Å². The fourth-order valence-electron chi connectivity index (χ4n) is 2.17. The van der Waals surface area contributed by atoms with Crippen molar-refractivity contribution in [2.45, 2.75) is 32.1 Å². The zero-order chi connectivity index (χ0) is 14.3. The minimum Gasteiger partial charge on any atom is -0.481 e. The van der Waals surface area contributed by atoms with Gasteiger partial charge in [0.05, 0.1) is 12.5 Å². The highest BCUT2D eigenvalue weighted by Gasteiger charge is 2.29. The van der Waals surface area contributed by atoms with Gasteiger partial charge in [0, 0.05) is 12.5 Å². The number of ether oxygens (including phenoxy) is 1. The van der Waals surface area contributed by atoms with Crippen LogP contribution in [0.15, 0.2) is 0 Å². The third-order valence-electron chi connectivity index (χ3n) is 3.24. The quantitative estimate of drug-likeness (QED) is 0.688. The van der Waals surface area contributed by atoms with Crippen molar-refractivity contribution in [1.82, 2.24) is 5.32 Å². The highest BCUT2D eigenvalue weighted by molar-refractivity contribution is 5.79. The third kappa shape index (κ3) is 5.96. The number of aliphatic carboxylic acids is 1. The fourth-order valence-corrected chi connectivity index (χ4v) is 2.17. The van der Waals surface area contributed by atoms with Crippen LogP contribution >= 0.6 is 0 Å². The van der Waals surface area contributed by atoms with E-state index >= 15 is 0 Å². The first-order chi connectivity index (χ1) is 9.00. The van der Waals surface area contributed by atoms with Gasteiger partial charge in [-0.25, -0.2) is 8.78 Å². The minimum absolute atomic E-state index is 0.0561. The first-order valence-electron chi connectivity index (χ1n) is 6.37. The SMILES string of the molecule is O=C(O)C1CCC(C(=O)NCCOCC(F)F)CC1. The first-order valence-corrected chi connectivity index (χ1v) is 6.37. The molecule has 1 aliphatic carbocycles. The van der Waals surface area contributed by atoms with Gasteiger partial charge in [0.1, 0.15) is 6.61 Å². The Balaban J connectivity index is 2.12. The van der Waals surface area contributed by atoms with Gasteiger partial charge in [0.15, 0.2) is 0 Å². The van der Waals surface area contributed by atoms with Crippen LogP contribution in [0.25, 0.3) is 0 Å². The molecule has 1 aliphatic rings. The summed E-state index contributed by atoms with van der Waals surface area (Å²) in [4.78, 5) is 22.5. The number of carboxylic acid groups (broad SMARTS) is 1. The monoisotopic (exact) mass is 279 g/mol. The molecule has 0 aromatic rings. The minimum atomic E-state index is -2.50. The lowest BCUT2D eigenvalue weighted by atomic mass is 9.81. The number of carboxylic acids is 1. The topological polar surface area (TPSA) is 75.6 Å². The fraction of sp³-hybridized carbons (Fsp3) is 0.833. The van der Waals surface area contributed by atoms with Gasteiger partial charge >= 0.3 is 5.97 Å². The molecule has 1 amide bonds. The number of rotatable bonds is 7. The molecule has 1 saturated carbocycles. The van der Waals surface area contributed by atoms with Gasteiger partial charge in [-0.05, 0) is 25.7 Å².